The Morgan fingerprint density at radius 2 is 2.02 bits per heavy atom. The summed E-state index contributed by atoms with van der Waals surface area (Å²) < 4.78 is 16.0. The molecule has 0 spiro atoms. The molecule has 3 aromatic heterocycles. The van der Waals surface area contributed by atoms with Gasteiger partial charge in [0, 0.05) is 18.2 Å². The number of aliphatic imine (C=N–C) groups is 1. The lowest BCUT2D eigenvalue weighted by molar-refractivity contribution is -0.00177. The predicted molar refractivity (Wildman–Crippen MR) is 148 cm³/mol. The van der Waals surface area contributed by atoms with Crippen LogP contribution in [0.3, 0.4) is 0 Å². The van der Waals surface area contributed by atoms with Crippen molar-refractivity contribution in [3.05, 3.63) is 47.8 Å². The van der Waals surface area contributed by atoms with Crippen molar-refractivity contribution in [3.8, 4) is 17.5 Å². The molecule has 1 amide bonds. The standard InChI is InChI=1S/C28H32FN9O2/c1-16-34-26(37-36-16)18-4-6-19(7-5-18)35-22-11-23(24-9-8-20-10-17(12-30)13-33-38(20)24)31-14-21(22)27(39)32-15-25(29)28(2,3)40/h8-11,13-14,16,18-19,25,40H,4-7,15H2,1-3H3,(H,31,35)(H,32,39)/t16?,18-,19-,25-/m1/s1. The van der Waals surface area contributed by atoms with Gasteiger partial charge in [-0.2, -0.15) is 15.5 Å². The molecular weight excluding hydrogens is 513 g/mol. The third-order valence-corrected chi connectivity index (χ3v) is 7.35. The number of fused-ring (bicyclic) bond motifs is 1. The number of halogens is 1. The van der Waals surface area contributed by atoms with Crippen LogP contribution in [0.1, 0.15) is 62.4 Å². The van der Waals surface area contributed by atoms with Crippen LogP contribution in [0.25, 0.3) is 16.9 Å². The van der Waals surface area contributed by atoms with Crippen molar-refractivity contribution in [2.45, 2.75) is 70.4 Å². The minimum atomic E-state index is -1.63. The number of amidine groups is 1. The van der Waals surface area contributed by atoms with Gasteiger partial charge in [-0.05, 0) is 70.7 Å². The van der Waals surface area contributed by atoms with Gasteiger partial charge in [0.2, 0.25) is 0 Å². The zero-order valence-electron chi connectivity index (χ0n) is 22.7. The van der Waals surface area contributed by atoms with Gasteiger partial charge < -0.3 is 15.7 Å². The fraction of sp³-hybridized carbons (Fsp3) is 0.464. The highest BCUT2D eigenvalue weighted by atomic mass is 19.1. The number of aromatic nitrogens is 3. The van der Waals surface area contributed by atoms with Crippen molar-refractivity contribution in [2.75, 3.05) is 11.9 Å². The fourth-order valence-electron chi connectivity index (χ4n) is 4.97. The van der Waals surface area contributed by atoms with E-state index < -0.39 is 17.7 Å². The number of carbonyl (C=O) groups is 1. The maximum atomic E-state index is 14.4. The van der Waals surface area contributed by atoms with Crippen LogP contribution in [0.4, 0.5) is 10.1 Å². The first kappa shape index (κ1) is 27.3. The topological polar surface area (TPSA) is 152 Å². The number of carbonyl (C=O) groups excluding carboxylic acids is 1. The van der Waals surface area contributed by atoms with E-state index in [1.54, 1.807) is 16.6 Å². The van der Waals surface area contributed by atoms with E-state index in [9.17, 15) is 19.6 Å². The molecule has 1 unspecified atom stereocenters. The second kappa shape index (κ2) is 11.1. The number of nitrogens with one attached hydrogen (secondary N) is 2. The van der Waals surface area contributed by atoms with Crippen molar-refractivity contribution < 1.29 is 14.3 Å². The summed E-state index contributed by atoms with van der Waals surface area (Å²) in [5.74, 6) is 0.591. The van der Waals surface area contributed by atoms with Gasteiger partial charge in [-0.25, -0.2) is 13.9 Å². The van der Waals surface area contributed by atoms with Gasteiger partial charge in [0.15, 0.2) is 12.0 Å². The Morgan fingerprint density at radius 1 is 1.25 bits per heavy atom. The lowest BCUT2D eigenvalue weighted by atomic mass is 9.85. The first-order valence-electron chi connectivity index (χ1n) is 13.4. The van der Waals surface area contributed by atoms with Crippen LogP contribution >= 0.6 is 0 Å². The maximum absolute atomic E-state index is 14.4. The van der Waals surface area contributed by atoms with E-state index in [-0.39, 0.29) is 30.2 Å². The van der Waals surface area contributed by atoms with Gasteiger partial charge in [-0.15, -0.1) is 5.11 Å². The summed E-state index contributed by atoms with van der Waals surface area (Å²) in [6, 6.07) is 9.42. The molecule has 4 heterocycles. The molecule has 0 bridgehead atoms. The zero-order chi connectivity index (χ0) is 28.4. The highest BCUT2D eigenvalue weighted by Gasteiger charge is 2.29. The number of alkyl halides is 1. The number of anilines is 1. The summed E-state index contributed by atoms with van der Waals surface area (Å²) in [7, 11) is 0. The first-order valence-corrected chi connectivity index (χ1v) is 13.4. The van der Waals surface area contributed by atoms with E-state index in [1.165, 1.54) is 26.2 Å². The highest BCUT2D eigenvalue weighted by molar-refractivity contribution is 6.00. The SMILES string of the molecule is CC1N=NC([C@H]2CC[C@H](Nc3cc(-c4ccc5cc(C#N)cnn45)ncc3C(=O)NC[C@@H](F)C(C)(C)O)CC2)=N1. The third kappa shape index (κ3) is 5.84. The van der Waals surface area contributed by atoms with E-state index in [4.69, 9.17) is 0 Å². The smallest absolute Gasteiger partial charge is 0.255 e. The van der Waals surface area contributed by atoms with Gasteiger partial charge in [-0.1, -0.05) is 0 Å². The Kier molecular flexibility index (Phi) is 7.58. The van der Waals surface area contributed by atoms with Crippen LogP contribution in [-0.4, -0.2) is 62.0 Å². The minimum absolute atomic E-state index is 0.0973. The molecule has 2 atom stereocenters. The number of amides is 1. The molecule has 0 radical (unpaired) electrons. The second-order valence-corrected chi connectivity index (χ2v) is 10.9. The van der Waals surface area contributed by atoms with Crippen LogP contribution in [0.5, 0.6) is 0 Å². The van der Waals surface area contributed by atoms with Gasteiger partial charge in [0.1, 0.15) is 12.2 Å². The normalized spacial score (nSPS) is 21.6. The van der Waals surface area contributed by atoms with Crippen LogP contribution in [0.2, 0.25) is 0 Å². The van der Waals surface area contributed by atoms with Crippen molar-refractivity contribution in [3.63, 3.8) is 0 Å². The van der Waals surface area contributed by atoms with E-state index >= 15 is 0 Å². The summed E-state index contributed by atoms with van der Waals surface area (Å²) in [5.41, 5.74) is 1.74. The number of nitrogens with zero attached hydrogens (tertiary/aromatic N) is 7. The van der Waals surface area contributed by atoms with Gasteiger partial charge in [-0.3, -0.25) is 9.78 Å². The minimum Gasteiger partial charge on any atom is -0.387 e. The maximum Gasteiger partial charge on any atom is 0.255 e. The molecule has 12 heteroatoms. The number of nitriles is 1. The Morgan fingerprint density at radius 3 is 2.70 bits per heavy atom. The molecule has 3 N–H and O–H groups in total. The van der Waals surface area contributed by atoms with Crippen LogP contribution in [0, 0.1) is 17.2 Å². The van der Waals surface area contributed by atoms with Gasteiger partial charge in [0.05, 0.1) is 52.1 Å². The molecule has 11 nitrogen and oxygen atoms in total. The van der Waals surface area contributed by atoms with Crippen LogP contribution < -0.4 is 10.6 Å². The van der Waals surface area contributed by atoms with E-state index in [1.807, 2.05) is 19.1 Å². The zero-order valence-corrected chi connectivity index (χ0v) is 22.7. The summed E-state index contributed by atoms with van der Waals surface area (Å²) in [4.78, 5) is 22.2. The first-order chi connectivity index (χ1) is 19.1. The van der Waals surface area contributed by atoms with Crippen molar-refractivity contribution in [1.82, 2.24) is 19.9 Å². The number of rotatable bonds is 8. The van der Waals surface area contributed by atoms with E-state index in [0.717, 1.165) is 37.0 Å². The van der Waals surface area contributed by atoms with Crippen molar-refractivity contribution in [1.29, 1.82) is 5.26 Å². The second-order valence-electron chi connectivity index (χ2n) is 10.9. The lowest BCUT2D eigenvalue weighted by Gasteiger charge is -2.29. The Balaban J connectivity index is 1.40. The molecule has 5 rings (SSSR count). The molecule has 2 aliphatic rings. The van der Waals surface area contributed by atoms with E-state index in [0.29, 0.717) is 22.6 Å². The quantitative estimate of drug-likeness (QED) is 0.384. The summed E-state index contributed by atoms with van der Waals surface area (Å²) in [6.07, 6.45) is 4.69. The number of aliphatic hydroxyl groups is 1. The highest BCUT2D eigenvalue weighted by Crippen LogP contribution is 2.32. The average Bonchev–Trinajstić information content (AvgIpc) is 3.57. The van der Waals surface area contributed by atoms with Crippen LogP contribution in [0.15, 0.2) is 51.9 Å². The third-order valence-electron chi connectivity index (χ3n) is 7.35. The molecule has 40 heavy (non-hydrogen) atoms. The van der Waals surface area contributed by atoms with E-state index in [2.05, 4.69) is 42.0 Å². The predicted octanol–water partition coefficient (Wildman–Crippen LogP) is 4.29. The Bertz CT molecular complexity index is 1510. The molecule has 3 aromatic rings. The number of hydrogen-bond acceptors (Lipinski definition) is 9. The molecular formula is C28H32FN9O2. The Hall–Kier alpha value is -4.24. The summed E-state index contributed by atoms with van der Waals surface area (Å²) >= 11 is 0. The van der Waals surface area contributed by atoms with Crippen molar-refractivity contribution >= 4 is 22.9 Å². The molecule has 1 aliphatic heterocycles. The largest absolute Gasteiger partial charge is 0.387 e. The number of hydrogen-bond donors (Lipinski definition) is 3. The van der Waals surface area contributed by atoms with Crippen LogP contribution in [-0.2, 0) is 0 Å². The molecule has 208 valence electrons. The summed E-state index contributed by atoms with van der Waals surface area (Å²) in [5, 5.41) is 37.9. The van der Waals surface area contributed by atoms with Gasteiger partial charge >= 0.3 is 0 Å². The molecule has 1 saturated carbocycles. The van der Waals surface area contributed by atoms with Crippen molar-refractivity contribution in [2.24, 2.45) is 21.1 Å². The number of azo groups is 1. The Labute approximate surface area is 231 Å². The van der Waals surface area contributed by atoms with Gasteiger partial charge in [0.25, 0.3) is 5.91 Å². The molecule has 1 fully saturated rings. The lowest BCUT2D eigenvalue weighted by Crippen LogP contribution is -2.42. The monoisotopic (exact) mass is 545 g/mol. The summed E-state index contributed by atoms with van der Waals surface area (Å²) in [6.45, 7) is 4.30. The average molecular weight is 546 g/mol. The fourth-order valence-corrected chi connectivity index (χ4v) is 4.97. The molecule has 0 aromatic carbocycles. The molecule has 1 aliphatic carbocycles. The molecule has 0 saturated heterocycles. The number of pyridine rings is 1.